The van der Waals surface area contributed by atoms with Gasteiger partial charge in [-0.1, -0.05) is 17.7 Å². The molecule has 7 heteroatoms. The number of hydrogen-bond acceptors (Lipinski definition) is 4. The number of benzene rings is 1. The monoisotopic (exact) mass is 332 g/mol. The summed E-state index contributed by atoms with van der Waals surface area (Å²) >= 11 is 0. The van der Waals surface area contributed by atoms with Gasteiger partial charge in [0.25, 0.3) is 0 Å². The molecule has 0 aromatic heterocycles. The number of carbonyl (C=O) groups is 3. The third-order valence-corrected chi connectivity index (χ3v) is 4.14. The number of rotatable bonds is 4. The summed E-state index contributed by atoms with van der Waals surface area (Å²) in [6, 6.07) is 4.78. The van der Waals surface area contributed by atoms with Crippen molar-refractivity contribution >= 4 is 23.5 Å². The number of anilines is 1. The van der Waals surface area contributed by atoms with Crippen molar-refractivity contribution in [2.24, 2.45) is 0 Å². The van der Waals surface area contributed by atoms with Gasteiger partial charge in [0, 0.05) is 12.7 Å². The summed E-state index contributed by atoms with van der Waals surface area (Å²) in [5.41, 5.74) is 2.69. The summed E-state index contributed by atoms with van der Waals surface area (Å²) in [5.74, 6) is -0.520. The van der Waals surface area contributed by atoms with Crippen LogP contribution in [0.15, 0.2) is 18.2 Å². The van der Waals surface area contributed by atoms with Gasteiger partial charge in [0.1, 0.15) is 0 Å². The molecule has 0 saturated carbocycles. The summed E-state index contributed by atoms with van der Waals surface area (Å²) in [7, 11) is 1.58. The largest absolute Gasteiger partial charge is 0.358 e. The van der Waals surface area contributed by atoms with Crippen LogP contribution in [0.25, 0.3) is 0 Å². The van der Waals surface area contributed by atoms with E-state index in [0.717, 1.165) is 24.0 Å². The van der Waals surface area contributed by atoms with Crippen LogP contribution in [0.4, 0.5) is 10.5 Å². The second-order valence-corrected chi connectivity index (χ2v) is 6.06. The first-order valence-electron chi connectivity index (χ1n) is 8.04. The van der Waals surface area contributed by atoms with Crippen LogP contribution in [-0.4, -0.2) is 48.9 Å². The fraction of sp³-hybridized carbons (Fsp3) is 0.471. The average Bonchev–Trinajstić information content (AvgIpc) is 2.97. The number of urea groups is 1. The number of hydrogen-bond donors (Lipinski definition) is 3. The Kier molecular flexibility index (Phi) is 5.92. The highest BCUT2D eigenvalue weighted by Gasteiger charge is 2.31. The fourth-order valence-corrected chi connectivity index (χ4v) is 2.94. The maximum absolute atomic E-state index is 12.0. The zero-order chi connectivity index (χ0) is 17.7. The van der Waals surface area contributed by atoms with Gasteiger partial charge in [-0.25, -0.2) is 4.79 Å². The minimum Gasteiger partial charge on any atom is -0.358 e. The molecule has 1 aliphatic heterocycles. The molecular formula is C17H24N4O3. The zero-order valence-electron chi connectivity index (χ0n) is 14.3. The molecule has 24 heavy (non-hydrogen) atoms. The number of likely N-dealkylation sites (tertiary alicyclic amines) is 1. The van der Waals surface area contributed by atoms with Gasteiger partial charge in [-0.2, -0.15) is 0 Å². The molecule has 7 nitrogen and oxygen atoms in total. The Bertz CT molecular complexity index is 645. The predicted octanol–water partition coefficient (Wildman–Crippen LogP) is 1.16. The second-order valence-electron chi connectivity index (χ2n) is 6.06. The van der Waals surface area contributed by atoms with E-state index >= 15 is 0 Å². The lowest BCUT2D eigenvalue weighted by Gasteiger charge is -2.22. The number of carbonyl (C=O) groups excluding carboxylic acids is 3. The summed E-state index contributed by atoms with van der Waals surface area (Å²) in [5, 5.41) is 7.58. The van der Waals surface area contributed by atoms with Crippen molar-refractivity contribution in [3.8, 4) is 0 Å². The number of imide groups is 1. The van der Waals surface area contributed by atoms with Crippen molar-refractivity contribution in [3.05, 3.63) is 29.3 Å². The summed E-state index contributed by atoms with van der Waals surface area (Å²) < 4.78 is 0. The first-order valence-corrected chi connectivity index (χ1v) is 8.04. The Morgan fingerprint density at radius 3 is 2.67 bits per heavy atom. The Hall–Kier alpha value is -2.41. The summed E-state index contributed by atoms with van der Waals surface area (Å²) in [6.07, 6.45) is 1.59. The van der Waals surface area contributed by atoms with Crippen LogP contribution in [0, 0.1) is 13.8 Å². The maximum Gasteiger partial charge on any atom is 0.325 e. The van der Waals surface area contributed by atoms with Crippen LogP contribution in [0.3, 0.4) is 0 Å². The molecule has 0 bridgehead atoms. The van der Waals surface area contributed by atoms with Crippen molar-refractivity contribution < 1.29 is 14.4 Å². The predicted molar refractivity (Wildman–Crippen MR) is 91.7 cm³/mol. The van der Waals surface area contributed by atoms with Crippen LogP contribution in [0.5, 0.6) is 0 Å². The molecule has 1 saturated heterocycles. The smallest absolute Gasteiger partial charge is 0.325 e. The molecule has 1 aromatic rings. The van der Waals surface area contributed by atoms with E-state index in [1.165, 1.54) is 0 Å². The molecule has 130 valence electrons. The van der Waals surface area contributed by atoms with E-state index in [1.807, 2.05) is 26.0 Å². The molecule has 1 heterocycles. The Labute approximate surface area is 141 Å². The van der Waals surface area contributed by atoms with E-state index in [9.17, 15) is 14.4 Å². The van der Waals surface area contributed by atoms with Gasteiger partial charge in [-0.15, -0.1) is 0 Å². The molecule has 0 spiro atoms. The lowest BCUT2D eigenvalue weighted by molar-refractivity contribution is -0.126. The first-order chi connectivity index (χ1) is 11.4. The van der Waals surface area contributed by atoms with Crippen LogP contribution in [0.1, 0.15) is 24.0 Å². The molecule has 4 amide bonds. The molecule has 0 radical (unpaired) electrons. The summed E-state index contributed by atoms with van der Waals surface area (Å²) in [6.45, 7) is 4.56. The first kappa shape index (κ1) is 17.9. The fourth-order valence-electron chi connectivity index (χ4n) is 2.94. The Morgan fingerprint density at radius 2 is 2.00 bits per heavy atom. The van der Waals surface area contributed by atoms with E-state index in [1.54, 1.807) is 18.0 Å². The second kappa shape index (κ2) is 7.92. The Balaban J connectivity index is 1.87. The van der Waals surface area contributed by atoms with Gasteiger partial charge in [0.2, 0.25) is 11.8 Å². The van der Waals surface area contributed by atoms with Crippen LogP contribution in [0.2, 0.25) is 0 Å². The van der Waals surface area contributed by atoms with Crippen LogP contribution < -0.4 is 16.0 Å². The number of nitrogens with zero attached hydrogens (tertiary/aromatic N) is 1. The standard InChI is InChI=1S/C17H24N4O3/c1-11-6-7-13(12(2)9-11)19-17(24)20-15(22)10-21-8-4-5-14(21)16(23)18-3/h6-7,9,14H,4-5,8,10H2,1-3H3,(H,18,23)(H2,19,20,22,24)/t14-/m0/s1. The Morgan fingerprint density at radius 1 is 1.25 bits per heavy atom. The van der Waals surface area contributed by atoms with Crippen molar-refractivity contribution in [3.63, 3.8) is 0 Å². The van der Waals surface area contributed by atoms with Crippen molar-refractivity contribution in [2.75, 3.05) is 25.5 Å². The third kappa shape index (κ3) is 4.55. The topological polar surface area (TPSA) is 90.5 Å². The minimum atomic E-state index is -0.567. The minimum absolute atomic E-state index is 0.0262. The van der Waals surface area contributed by atoms with E-state index in [-0.39, 0.29) is 18.5 Å². The van der Waals surface area contributed by atoms with E-state index in [2.05, 4.69) is 16.0 Å². The lowest BCUT2D eigenvalue weighted by Crippen LogP contribution is -2.47. The highest BCUT2D eigenvalue weighted by Crippen LogP contribution is 2.17. The highest BCUT2D eigenvalue weighted by atomic mass is 16.2. The molecule has 1 atom stereocenters. The van der Waals surface area contributed by atoms with Gasteiger partial charge < -0.3 is 10.6 Å². The summed E-state index contributed by atoms with van der Waals surface area (Å²) in [4.78, 5) is 37.6. The number of likely N-dealkylation sites (N-methyl/N-ethyl adjacent to an activating group) is 1. The van der Waals surface area contributed by atoms with Crippen LogP contribution >= 0.6 is 0 Å². The molecule has 2 rings (SSSR count). The molecular weight excluding hydrogens is 308 g/mol. The number of aryl methyl sites for hydroxylation is 2. The van der Waals surface area contributed by atoms with Crippen molar-refractivity contribution in [1.82, 2.24) is 15.5 Å². The quantitative estimate of drug-likeness (QED) is 0.772. The molecule has 1 aromatic carbocycles. The van der Waals surface area contributed by atoms with Gasteiger partial charge >= 0.3 is 6.03 Å². The van der Waals surface area contributed by atoms with Crippen molar-refractivity contribution in [1.29, 1.82) is 0 Å². The SMILES string of the molecule is CNC(=O)[C@@H]1CCCN1CC(=O)NC(=O)Nc1ccc(C)cc1C. The van der Waals surface area contributed by atoms with Gasteiger partial charge in [-0.3, -0.25) is 19.8 Å². The van der Waals surface area contributed by atoms with E-state index in [0.29, 0.717) is 12.2 Å². The molecule has 0 unspecified atom stereocenters. The molecule has 1 fully saturated rings. The zero-order valence-corrected chi connectivity index (χ0v) is 14.3. The molecule has 1 aliphatic rings. The number of nitrogens with one attached hydrogen (secondary N) is 3. The van der Waals surface area contributed by atoms with Gasteiger partial charge in [0.05, 0.1) is 12.6 Å². The average molecular weight is 332 g/mol. The molecule has 3 N–H and O–H groups in total. The van der Waals surface area contributed by atoms with Gasteiger partial charge in [0.15, 0.2) is 0 Å². The van der Waals surface area contributed by atoms with E-state index < -0.39 is 11.9 Å². The lowest BCUT2D eigenvalue weighted by atomic mass is 10.1. The third-order valence-electron chi connectivity index (χ3n) is 4.14. The highest BCUT2D eigenvalue weighted by molar-refractivity contribution is 6.02. The molecule has 0 aliphatic carbocycles. The maximum atomic E-state index is 12.0. The van der Waals surface area contributed by atoms with Crippen molar-refractivity contribution in [2.45, 2.75) is 32.7 Å². The van der Waals surface area contributed by atoms with Gasteiger partial charge in [-0.05, 0) is 44.9 Å². The normalized spacial score (nSPS) is 17.4. The number of amides is 4. The van der Waals surface area contributed by atoms with E-state index in [4.69, 9.17) is 0 Å². The van der Waals surface area contributed by atoms with Crippen LogP contribution in [-0.2, 0) is 9.59 Å².